The van der Waals surface area contributed by atoms with Gasteiger partial charge in [-0.15, -0.1) is 0 Å². The van der Waals surface area contributed by atoms with Crippen molar-refractivity contribution in [2.75, 3.05) is 18.4 Å². The zero-order chi connectivity index (χ0) is 21.3. The number of hydrogen-bond acceptors (Lipinski definition) is 4. The summed E-state index contributed by atoms with van der Waals surface area (Å²) < 4.78 is 27.3. The Kier molecular flexibility index (Phi) is 5.97. The zero-order valence-electron chi connectivity index (χ0n) is 15.9. The molecule has 1 aromatic heterocycles. The van der Waals surface area contributed by atoms with E-state index in [-0.39, 0.29) is 34.8 Å². The van der Waals surface area contributed by atoms with Crippen LogP contribution in [0, 0.1) is 5.92 Å². The summed E-state index contributed by atoms with van der Waals surface area (Å²) in [7, 11) is -3.78. The number of nitrogens with one attached hydrogen (secondary N) is 1. The predicted octanol–water partition coefficient (Wildman–Crippen LogP) is 4.58. The number of sulfonamides is 1. The first-order valence-electron chi connectivity index (χ1n) is 9.46. The number of halogens is 2. The van der Waals surface area contributed by atoms with E-state index in [0.29, 0.717) is 23.6 Å². The second-order valence-electron chi connectivity index (χ2n) is 7.12. The van der Waals surface area contributed by atoms with Crippen molar-refractivity contribution in [3.8, 4) is 0 Å². The second kappa shape index (κ2) is 8.51. The van der Waals surface area contributed by atoms with E-state index in [1.165, 1.54) is 16.4 Å². The summed E-state index contributed by atoms with van der Waals surface area (Å²) in [5.74, 6) is -0.420. The summed E-state index contributed by atoms with van der Waals surface area (Å²) in [6, 6.07) is 13.8. The van der Waals surface area contributed by atoms with Crippen molar-refractivity contribution < 1.29 is 13.2 Å². The van der Waals surface area contributed by atoms with Crippen molar-refractivity contribution in [3.05, 3.63) is 64.8 Å². The molecule has 0 aliphatic carbocycles. The minimum absolute atomic E-state index is 0.0126. The van der Waals surface area contributed by atoms with E-state index in [1.807, 2.05) is 30.3 Å². The van der Waals surface area contributed by atoms with Crippen LogP contribution in [0.15, 0.2) is 59.6 Å². The Balaban J connectivity index is 1.45. The third-order valence-corrected chi connectivity index (χ3v) is 7.84. The van der Waals surface area contributed by atoms with Crippen molar-refractivity contribution in [3.63, 3.8) is 0 Å². The highest BCUT2D eigenvalue weighted by Crippen LogP contribution is 2.31. The van der Waals surface area contributed by atoms with Crippen LogP contribution in [-0.4, -0.2) is 36.7 Å². The molecule has 156 valence electrons. The Morgan fingerprint density at radius 1 is 1.07 bits per heavy atom. The van der Waals surface area contributed by atoms with E-state index < -0.39 is 10.0 Å². The topological polar surface area (TPSA) is 79.4 Å². The van der Waals surface area contributed by atoms with Crippen LogP contribution in [0.4, 0.5) is 5.69 Å². The van der Waals surface area contributed by atoms with Crippen LogP contribution >= 0.6 is 23.2 Å². The molecule has 1 fully saturated rings. The molecule has 1 aliphatic rings. The standard InChI is InChI=1S/C21H19Cl2N3O3S/c22-16-6-7-17(23)19(13-16)30(28,29)26-11-8-15(9-12-26)21(27)25-18-5-1-3-14-4-2-10-24-20(14)18/h1-7,10,13,15H,8-9,11-12H2,(H,25,27). The number of rotatable bonds is 4. The third-order valence-electron chi connectivity index (χ3n) is 5.23. The monoisotopic (exact) mass is 463 g/mol. The average molecular weight is 464 g/mol. The van der Waals surface area contributed by atoms with Crippen molar-refractivity contribution in [2.45, 2.75) is 17.7 Å². The molecular weight excluding hydrogens is 445 g/mol. The Labute approximate surface area is 184 Å². The fourth-order valence-electron chi connectivity index (χ4n) is 3.61. The fourth-order valence-corrected chi connectivity index (χ4v) is 5.82. The Morgan fingerprint density at radius 2 is 1.80 bits per heavy atom. The summed E-state index contributed by atoms with van der Waals surface area (Å²) in [6.45, 7) is 0.466. The van der Waals surface area contributed by atoms with E-state index in [0.717, 1.165) is 10.9 Å². The summed E-state index contributed by atoms with van der Waals surface area (Å²) >= 11 is 12.0. The molecule has 1 amide bonds. The molecule has 4 rings (SSSR count). The maximum Gasteiger partial charge on any atom is 0.244 e. The number of carbonyl (C=O) groups is 1. The fraction of sp³-hybridized carbons (Fsp3) is 0.238. The minimum Gasteiger partial charge on any atom is -0.324 e. The lowest BCUT2D eigenvalue weighted by Crippen LogP contribution is -2.41. The molecule has 3 aromatic rings. The molecule has 0 bridgehead atoms. The second-order valence-corrected chi connectivity index (χ2v) is 9.87. The van der Waals surface area contributed by atoms with Gasteiger partial charge >= 0.3 is 0 Å². The Bertz CT molecular complexity index is 1200. The SMILES string of the molecule is O=C(Nc1cccc2cccnc12)C1CCN(S(=O)(=O)c2cc(Cl)ccc2Cl)CC1. The van der Waals surface area contributed by atoms with E-state index in [9.17, 15) is 13.2 Å². The lowest BCUT2D eigenvalue weighted by molar-refractivity contribution is -0.120. The lowest BCUT2D eigenvalue weighted by atomic mass is 9.97. The normalized spacial score (nSPS) is 15.9. The maximum absolute atomic E-state index is 12.9. The van der Waals surface area contributed by atoms with Crippen LogP contribution < -0.4 is 5.32 Å². The molecule has 1 saturated heterocycles. The smallest absolute Gasteiger partial charge is 0.244 e. The van der Waals surface area contributed by atoms with Crippen molar-refractivity contribution in [1.29, 1.82) is 0 Å². The molecule has 0 radical (unpaired) electrons. The van der Waals surface area contributed by atoms with Gasteiger partial charge < -0.3 is 5.32 Å². The predicted molar refractivity (Wildman–Crippen MR) is 118 cm³/mol. The number of hydrogen-bond donors (Lipinski definition) is 1. The average Bonchev–Trinajstić information content (AvgIpc) is 2.75. The summed E-state index contributed by atoms with van der Waals surface area (Å²) in [5, 5.41) is 4.32. The molecule has 0 spiro atoms. The van der Waals surface area contributed by atoms with Gasteiger partial charge in [-0.1, -0.05) is 41.4 Å². The van der Waals surface area contributed by atoms with Gasteiger partial charge in [0.05, 0.1) is 16.2 Å². The number of para-hydroxylation sites is 1. The van der Waals surface area contributed by atoms with Crippen molar-refractivity contribution >= 4 is 55.7 Å². The largest absolute Gasteiger partial charge is 0.324 e. The van der Waals surface area contributed by atoms with Crippen molar-refractivity contribution in [1.82, 2.24) is 9.29 Å². The molecule has 30 heavy (non-hydrogen) atoms. The number of piperidine rings is 1. The van der Waals surface area contributed by atoms with E-state index in [1.54, 1.807) is 12.3 Å². The van der Waals surface area contributed by atoms with E-state index >= 15 is 0 Å². The van der Waals surface area contributed by atoms with Gasteiger partial charge in [-0.05, 0) is 43.2 Å². The van der Waals surface area contributed by atoms with Gasteiger partial charge in [0.25, 0.3) is 0 Å². The van der Waals surface area contributed by atoms with Crippen LogP contribution in [0.3, 0.4) is 0 Å². The molecule has 9 heteroatoms. The molecule has 0 unspecified atom stereocenters. The van der Waals surface area contributed by atoms with Crippen LogP contribution in [-0.2, 0) is 14.8 Å². The number of pyridine rings is 1. The number of aromatic nitrogens is 1. The van der Waals surface area contributed by atoms with Gasteiger partial charge in [0.2, 0.25) is 15.9 Å². The molecule has 1 N–H and O–H groups in total. The van der Waals surface area contributed by atoms with Gasteiger partial charge in [-0.2, -0.15) is 4.31 Å². The number of benzene rings is 2. The van der Waals surface area contributed by atoms with Gasteiger partial charge in [0.15, 0.2) is 0 Å². The number of nitrogens with zero attached hydrogens (tertiary/aromatic N) is 2. The van der Waals surface area contributed by atoms with Crippen LogP contribution in [0.5, 0.6) is 0 Å². The summed E-state index contributed by atoms with van der Waals surface area (Å²) in [4.78, 5) is 17.1. The maximum atomic E-state index is 12.9. The molecule has 2 heterocycles. The summed E-state index contributed by atoms with van der Waals surface area (Å²) in [6.07, 6.45) is 2.52. The Hall–Kier alpha value is -2.19. The molecule has 0 saturated carbocycles. The quantitative estimate of drug-likeness (QED) is 0.613. The number of fused-ring (bicyclic) bond motifs is 1. The number of carbonyl (C=O) groups excluding carboxylic acids is 1. The van der Waals surface area contributed by atoms with E-state index in [2.05, 4.69) is 10.3 Å². The Morgan fingerprint density at radius 3 is 2.57 bits per heavy atom. The van der Waals surface area contributed by atoms with Crippen LogP contribution in [0.1, 0.15) is 12.8 Å². The minimum atomic E-state index is -3.78. The van der Waals surface area contributed by atoms with Crippen LogP contribution in [0.25, 0.3) is 10.9 Å². The van der Waals surface area contributed by atoms with Gasteiger partial charge in [-0.3, -0.25) is 9.78 Å². The lowest BCUT2D eigenvalue weighted by Gasteiger charge is -2.30. The van der Waals surface area contributed by atoms with E-state index in [4.69, 9.17) is 23.2 Å². The zero-order valence-corrected chi connectivity index (χ0v) is 18.2. The first-order chi connectivity index (χ1) is 14.4. The third kappa shape index (κ3) is 4.16. The first kappa shape index (κ1) is 21.1. The first-order valence-corrected chi connectivity index (χ1v) is 11.7. The van der Waals surface area contributed by atoms with Gasteiger partial charge in [0, 0.05) is 35.6 Å². The number of anilines is 1. The van der Waals surface area contributed by atoms with Gasteiger partial charge in [0.1, 0.15) is 4.90 Å². The van der Waals surface area contributed by atoms with Crippen LogP contribution in [0.2, 0.25) is 10.0 Å². The number of amides is 1. The highest BCUT2D eigenvalue weighted by Gasteiger charge is 2.33. The highest BCUT2D eigenvalue weighted by atomic mass is 35.5. The molecule has 1 aliphatic heterocycles. The molecular formula is C21H19Cl2N3O3S. The van der Waals surface area contributed by atoms with Gasteiger partial charge in [-0.25, -0.2) is 8.42 Å². The van der Waals surface area contributed by atoms with Crippen molar-refractivity contribution in [2.24, 2.45) is 5.92 Å². The molecule has 6 nitrogen and oxygen atoms in total. The molecule has 2 aromatic carbocycles. The molecule has 0 atom stereocenters. The summed E-state index contributed by atoms with van der Waals surface area (Å²) in [5.41, 5.74) is 1.38. The highest BCUT2D eigenvalue weighted by molar-refractivity contribution is 7.89.